The minimum absolute atomic E-state index is 0.222. The van der Waals surface area contributed by atoms with Crippen molar-refractivity contribution in [3.05, 3.63) is 48.5 Å². The Kier molecular flexibility index (Phi) is 7.35. The topological polar surface area (TPSA) is 68.3 Å². The Bertz CT molecular complexity index is 881. The van der Waals surface area contributed by atoms with Crippen LogP contribution in [0.2, 0.25) is 0 Å². The van der Waals surface area contributed by atoms with Gasteiger partial charge in [0.25, 0.3) is 0 Å². The van der Waals surface area contributed by atoms with Crippen LogP contribution >= 0.6 is 0 Å². The standard InChI is InChI=1S/C21H28N2O5S/c1-26-20-10-9-19(17-21(20)27-2)29(24,25)23-14-12-22(13-15-23)11-6-16-28-18-7-4-3-5-8-18/h3-5,7-10,17H,6,11-16H2,1-2H3. The number of piperazine rings is 1. The van der Waals surface area contributed by atoms with Gasteiger partial charge in [0.2, 0.25) is 10.0 Å². The zero-order valence-electron chi connectivity index (χ0n) is 16.9. The van der Waals surface area contributed by atoms with Crippen molar-refractivity contribution in [3.8, 4) is 17.2 Å². The fourth-order valence-corrected chi connectivity index (χ4v) is 4.75. The predicted octanol–water partition coefficient (Wildman–Crippen LogP) is 2.48. The lowest BCUT2D eigenvalue weighted by Crippen LogP contribution is -2.48. The Balaban J connectivity index is 1.49. The molecule has 0 aromatic heterocycles. The third-order valence-corrected chi connectivity index (χ3v) is 6.85. The third kappa shape index (κ3) is 5.41. The van der Waals surface area contributed by atoms with Crippen LogP contribution in [0.4, 0.5) is 0 Å². The van der Waals surface area contributed by atoms with E-state index in [4.69, 9.17) is 14.2 Å². The summed E-state index contributed by atoms with van der Waals surface area (Å²) < 4.78 is 43.6. The summed E-state index contributed by atoms with van der Waals surface area (Å²) in [4.78, 5) is 2.49. The van der Waals surface area contributed by atoms with Gasteiger partial charge in [-0.3, -0.25) is 0 Å². The Morgan fingerprint density at radius 1 is 0.897 bits per heavy atom. The van der Waals surface area contributed by atoms with Crippen LogP contribution in [0.3, 0.4) is 0 Å². The number of hydrogen-bond acceptors (Lipinski definition) is 6. The van der Waals surface area contributed by atoms with E-state index in [1.807, 2.05) is 30.3 Å². The van der Waals surface area contributed by atoms with Gasteiger partial charge in [-0.05, 0) is 30.7 Å². The molecule has 8 heteroatoms. The molecular formula is C21H28N2O5S. The molecule has 0 saturated carbocycles. The second kappa shape index (κ2) is 9.96. The minimum atomic E-state index is -3.56. The van der Waals surface area contributed by atoms with E-state index in [1.54, 1.807) is 12.1 Å². The summed E-state index contributed by atoms with van der Waals surface area (Å²) in [5, 5.41) is 0. The van der Waals surface area contributed by atoms with E-state index in [-0.39, 0.29) is 4.90 Å². The maximum absolute atomic E-state index is 13.0. The first kappa shape index (κ1) is 21.4. The zero-order valence-corrected chi connectivity index (χ0v) is 17.7. The Hall–Kier alpha value is -2.29. The van der Waals surface area contributed by atoms with Crippen molar-refractivity contribution in [2.24, 2.45) is 0 Å². The fourth-order valence-electron chi connectivity index (χ4n) is 3.31. The van der Waals surface area contributed by atoms with E-state index in [1.165, 1.54) is 24.6 Å². The molecule has 1 fully saturated rings. The van der Waals surface area contributed by atoms with Crippen molar-refractivity contribution < 1.29 is 22.6 Å². The van der Waals surface area contributed by atoms with Crippen LogP contribution in [0.5, 0.6) is 17.2 Å². The molecule has 7 nitrogen and oxygen atoms in total. The molecule has 1 aliphatic rings. The largest absolute Gasteiger partial charge is 0.494 e. The number of sulfonamides is 1. The first-order valence-corrected chi connectivity index (χ1v) is 11.1. The van der Waals surface area contributed by atoms with Gasteiger partial charge in [-0.15, -0.1) is 0 Å². The van der Waals surface area contributed by atoms with Crippen LogP contribution in [0.15, 0.2) is 53.4 Å². The molecule has 0 bridgehead atoms. The van der Waals surface area contributed by atoms with Gasteiger partial charge in [-0.25, -0.2) is 8.42 Å². The maximum atomic E-state index is 13.0. The summed E-state index contributed by atoms with van der Waals surface area (Å²) in [6.07, 6.45) is 0.900. The molecule has 3 rings (SSSR count). The van der Waals surface area contributed by atoms with Gasteiger partial charge in [-0.2, -0.15) is 4.31 Å². The first-order chi connectivity index (χ1) is 14.0. The molecule has 0 amide bonds. The monoisotopic (exact) mass is 420 g/mol. The van der Waals surface area contributed by atoms with Crippen LogP contribution in [-0.2, 0) is 10.0 Å². The lowest BCUT2D eigenvalue weighted by molar-refractivity contribution is 0.174. The van der Waals surface area contributed by atoms with Gasteiger partial charge in [0.15, 0.2) is 11.5 Å². The lowest BCUT2D eigenvalue weighted by Gasteiger charge is -2.34. The molecule has 2 aromatic carbocycles. The number of nitrogens with zero attached hydrogens (tertiary/aromatic N) is 2. The molecule has 2 aromatic rings. The predicted molar refractivity (Wildman–Crippen MR) is 111 cm³/mol. The molecule has 1 aliphatic heterocycles. The van der Waals surface area contributed by atoms with E-state index >= 15 is 0 Å². The van der Waals surface area contributed by atoms with Gasteiger partial charge in [0.1, 0.15) is 5.75 Å². The minimum Gasteiger partial charge on any atom is -0.494 e. The van der Waals surface area contributed by atoms with E-state index in [2.05, 4.69) is 4.90 Å². The summed E-state index contributed by atoms with van der Waals surface area (Å²) in [6, 6.07) is 14.4. The molecule has 0 spiro atoms. The van der Waals surface area contributed by atoms with Crippen molar-refractivity contribution in [1.82, 2.24) is 9.21 Å². The summed E-state index contributed by atoms with van der Waals surface area (Å²) >= 11 is 0. The normalized spacial score (nSPS) is 15.8. The van der Waals surface area contributed by atoms with Gasteiger partial charge in [0.05, 0.1) is 25.7 Å². The Morgan fingerprint density at radius 2 is 1.59 bits per heavy atom. The number of para-hydroxylation sites is 1. The fraction of sp³-hybridized carbons (Fsp3) is 0.429. The van der Waals surface area contributed by atoms with Gasteiger partial charge < -0.3 is 19.1 Å². The number of benzene rings is 2. The molecule has 1 saturated heterocycles. The molecule has 29 heavy (non-hydrogen) atoms. The highest BCUT2D eigenvalue weighted by molar-refractivity contribution is 7.89. The van der Waals surface area contributed by atoms with Crippen molar-refractivity contribution >= 4 is 10.0 Å². The highest BCUT2D eigenvalue weighted by Crippen LogP contribution is 2.30. The van der Waals surface area contributed by atoms with Crippen LogP contribution in [-0.4, -0.2) is 71.2 Å². The third-order valence-electron chi connectivity index (χ3n) is 4.95. The molecule has 0 unspecified atom stereocenters. The zero-order chi connectivity index (χ0) is 20.7. The van der Waals surface area contributed by atoms with Crippen LogP contribution in [0.25, 0.3) is 0 Å². The van der Waals surface area contributed by atoms with Crippen molar-refractivity contribution in [3.63, 3.8) is 0 Å². The second-order valence-electron chi connectivity index (χ2n) is 6.78. The first-order valence-electron chi connectivity index (χ1n) is 9.67. The quantitative estimate of drug-likeness (QED) is 0.581. The van der Waals surface area contributed by atoms with Gasteiger partial charge in [-0.1, -0.05) is 18.2 Å². The highest BCUT2D eigenvalue weighted by Gasteiger charge is 2.29. The number of hydrogen-bond donors (Lipinski definition) is 0. The van der Waals surface area contributed by atoms with Crippen LogP contribution < -0.4 is 14.2 Å². The Morgan fingerprint density at radius 3 is 2.24 bits per heavy atom. The molecule has 0 aliphatic carbocycles. The molecule has 0 atom stereocenters. The Labute approximate surface area is 172 Å². The summed E-state index contributed by atoms with van der Waals surface area (Å²) in [6.45, 7) is 3.88. The van der Waals surface area contributed by atoms with Crippen molar-refractivity contribution in [1.29, 1.82) is 0 Å². The second-order valence-corrected chi connectivity index (χ2v) is 8.72. The van der Waals surface area contributed by atoms with Crippen LogP contribution in [0, 0.1) is 0 Å². The summed E-state index contributed by atoms with van der Waals surface area (Å²) in [5.41, 5.74) is 0. The molecule has 1 heterocycles. The van der Waals surface area contributed by atoms with Crippen molar-refractivity contribution in [2.75, 3.05) is 53.6 Å². The van der Waals surface area contributed by atoms with Crippen molar-refractivity contribution in [2.45, 2.75) is 11.3 Å². The van der Waals surface area contributed by atoms with Gasteiger partial charge >= 0.3 is 0 Å². The number of ether oxygens (including phenoxy) is 3. The molecule has 0 N–H and O–H groups in total. The summed E-state index contributed by atoms with van der Waals surface area (Å²) in [5.74, 6) is 1.79. The number of rotatable bonds is 9. The molecule has 158 valence electrons. The number of methoxy groups -OCH3 is 2. The highest BCUT2D eigenvalue weighted by atomic mass is 32.2. The average molecular weight is 421 g/mol. The van der Waals surface area contributed by atoms with Gasteiger partial charge in [0, 0.05) is 38.8 Å². The van der Waals surface area contributed by atoms with Crippen LogP contribution in [0.1, 0.15) is 6.42 Å². The molecular weight excluding hydrogens is 392 g/mol. The van der Waals surface area contributed by atoms with E-state index in [0.29, 0.717) is 44.3 Å². The lowest BCUT2D eigenvalue weighted by atomic mass is 10.3. The average Bonchev–Trinajstić information content (AvgIpc) is 2.77. The van der Waals surface area contributed by atoms with E-state index in [0.717, 1.165) is 18.7 Å². The van der Waals surface area contributed by atoms with E-state index in [9.17, 15) is 8.42 Å². The van der Waals surface area contributed by atoms with E-state index < -0.39 is 10.0 Å². The molecule has 0 radical (unpaired) electrons. The smallest absolute Gasteiger partial charge is 0.243 e. The SMILES string of the molecule is COc1ccc(S(=O)(=O)N2CCN(CCCOc3ccccc3)CC2)cc1OC. The summed E-state index contributed by atoms with van der Waals surface area (Å²) in [7, 11) is -0.539. The maximum Gasteiger partial charge on any atom is 0.243 e.